The van der Waals surface area contributed by atoms with E-state index in [2.05, 4.69) is 10.5 Å². The Balaban J connectivity index is 1.79. The Morgan fingerprint density at radius 3 is 2.83 bits per heavy atom. The van der Waals surface area contributed by atoms with Gasteiger partial charge in [0.25, 0.3) is 5.91 Å². The first-order chi connectivity index (χ1) is 11.1. The third-order valence-electron chi connectivity index (χ3n) is 3.36. The second-order valence-corrected chi connectivity index (χ2v) is 5.08. The molecule has 0 bridgehead atoms. The normalized spacial score (nSPS) is 11.0. The first-order valence-electron chi connectivity index (χ1n) is 7.06. The molecule has 2 aromatic carbocycles. The minimum atomic E-state index is -0.338. The van der Waals surface area contributed by atoms with E-state index in [4.69, 9.17) is 4.42 Å². The summed E-state index contributed by atoms with van der Waals surface area (Å²) in [7, 11) is 0. The summed E-state index contributed by atoms with van der Waals surface area (Å²) in [4.78, 5) is 24.2. The predicted octanol–water partition coefficient (Wildman–Crippen LogP) is 2.87. The highest BCUT2D eigenvalue weighted by molar-refractivity contribution is 5.95. The highest BCUT2D eigenvalue weighted by Crippen LogP contribution is 2.09. The molecule has 0 aliphatic carbocycles. The van der Waals surface area contributed by atoms with E-state index in [9.17, 15) is 9.59 Å². The molecule has 23 heavy (non-hydrogen) atoms. The van der Waals surface area contributed by atoms with E-state index in [0.717, 1.165) is 5.56 Å². The quantitative estimate of drug-likeness (QED) is 0.597. The number of hydrogen-bond acceptors (Lipinski definition) is 4. The van der Waals surface area contributed by atoms with Crippen molar-refractivity contribution in [2.45, 2.75) is 6.92 Å². The van der Waals surface area contributed by atoms with Gasteiger partial charge in [-0.15, -0.1) is 0 Å². The largest absolute Gasteiger partial charge is 0.463 e. The van der Waals surface area contributed by atoms with Gasteiger partial charge in [0.2, 0.25) is 5.43 Å². The Morgan fingerprint density at radius 2 is 2.00 bits per heavy atom. The van der Waals surface area contributed by atoms with Crippen LogP contribution in [-0.2, 0) is 0 Å². The lowest BCUT2D eigenvalue weighted by atomic mass is 10.1. The predicted molar refractivity (Wildman–Crippen MR) is 88.7 cm³/mol. The first kappa shape index (κ1) is 14.7. The van der Waals surface area contributed by atoms with Crippen LogP contribution in [0.4, 0.5) is 0 Å². The molecule has 1 heterocycles. The highest BCUT2D eigenvalue weighted by atomic mass is 16.3. The number of para-hydroxylation sites is 1. The topological polar surface area (TPSA) is 71.7 Å². The molecule has 0 saturated carbocycles. The number of nitrogens with one attached hydrogen (secondary N) is 1. The van der Waals surface area contributed by atoms with Crippen molar-refractivity contribution < 1.29 is 9.21 Å². The summed E-state index contributed by atoms with van der Waals surface area (Å²) in [5.74, 6) is -0.338. The van der Waals surface area contributed by atoms with Gasteiger partial charge in [0, 0.05) is 5.56 Å². The third-order valence-corrected chi connectivity index (χ3v) is 3.36. The molecule has 5 nitrogen and oxygen atoms in total. The number of rotatable bonds is 3. The molecule has 1 N–H and O–H groups in total. The van der Waals surface area contributed by atoms with E-state index in [0.29, 0.717) is 16.5 Å². The smallest absolute Gasteiger partial charge is 0.271 e. The Labute approximate surface area is 132 Å². The third kappa shape index (κ3) is 3.18. The van der Waals surface area contributed by atoms with Crippen molar-refractivity contribution in [3.05, 3.63) is 81.7 Å². The summed E-state index contributed by atoms with van der Waals surface area (Å²) < 4.78 is 5.38. The van der Waals surface area contributed by atoms with Crippen LogP contribution in [0.1, 0.15) is 21.5 Å². The minimum absolute atomic E-state index is 0.194. The van der Waals surface area contributed by atoms with Gasteiger partial charge in [-0.25, -0.2) is 5.43 Å². The van der Waals surface area contributed by atoms with Crippen molar-refractivity contribution in [1.82, 2.24) is 5.43 Å². The number of carbonyl (C=O) groups excluding carboxylic acids is 1. The molecule has 0 aliphatic heterocycles. The van der Waals surface area contributed by atoms with Crippen molar-refractivity contribution in [3.63, 3.8) is 0 Å². The van der Waals surface area contributed by atoms with Crippen molar-refractivity contribution in [2.24, 2.45) is 5.10 Å². The average Bonchev–Trinajstić information content (AvgIpc) is 2.57. The van der Waals surface area contributed by atoms with Crippen LogP contribution in [0.15, 0.2) is 69.1 Å². The SMILES string of the molecule is Cc1cccc(C(=O)N/N=C/c2coc3ccccc3c2=O)c1. The minimum Gasteiger partial charge on any atom is -0.463 e. The maximum atomic E-state index is 12.3. The summed E-state index contributed by atoms with van der Waals surface area (Å²) >= 11 is 0. The molecule has 0 radical (unpaired) electrons. The Hall–Kier alpha value is -3.21. The number of hydrazone groups is 1. The summed E-state index contributed by atoms with van der Waals surface area (Å²) in [6, 6.07) is 14.1. The molecule has 5 heteroatoms. The molecular formula is C18H14N2O3. The van der Waals surface area contributed by atoms with Gasteiger partial charge in [-0.1, -0.05) is 29.8 Å². The zero-order valence-corrected chi connectivity index (χ0v) is 12.4. The summed E-state index contributed by atoms with van der Waals surface area (Å²) in [5.41, 5.74) is 4.48. The molecule has 1 aromatic heterocycles. The van der Waals surface area contributed by atoms with Gasteiger partial charge in [0.05, 0.1) is 17.2 Å². The maximum absolute atomic E-state index is 12.3. The van der Waals surface area contributed by atoms with Gasteiger partial charge in [0.1, 0.15) is 11.8 Å². The number of fused-ring (bicyclic) bond motifs is 1. The molecule has 0 fully saturated rings. The number of benzene rings is 2. The van der Waals surface area contributed by atoms with Crippen LogP contribution in [0, 0.1) is 6.92 Å². The van der Waals surface area contributed by atoms with Crippen molar-refractivity contribution in [1.29, 1.82) is 0 Å². The van der Waals surface area contributed by atoms with Crippen LogP contribution in [0.25, 0.3) is 11.0 Å². The van der Waals surface area contributed by atoms with Crippen LogP contribution in [0.3, 0.4) is 0 Å². The monoisotopic (exact) mass is 306 g/mol. The number of aryl methyl sites for hydroxylation is 1. The molecule has 3 rings (SSSR count). The van der Waals surface area contributed by atoms with E-state index >= 15 is 0 Å². The van der Waals surface area contributed by atoms with E-state index in [1.165, 1.54) is 12.5 Å². The zero-order valence-electron chi connectivity index (χ0n) is 12.4. The summed E-state index contributed by atoms with van der Waals surface area (Å²) in [5, 5.41) is 4.30. The maximum Gasteiger partial charge on any atom is 0.271 e. The lowest BCUT2D eigenvalue weighted by molar-refractivity contribution is 0.0955. The number of amides is 1. The lowest BCUT2D eigenvalue weighted by Gasteiger charge is -2.01. The van der Waals surface area contributed by atoms with Crippen LogP contribution in [0.5, 0.6) is 0 Å². The summed E-state index contributed by atoms with van der Waals surface area (Å²) in [6.07, 6.45) is 2.61. The Bertz CT molecular complexity index is 958. The standard InChI is InChI=1S/C18H14N2O3/c1-12-5-4-6-13(9-12)18(22)20-19-10-14-11-23-16-8-3-2-7-15(16)17(14)21/h2-11H,1H3,(H,20,22)/b19-10+. The van der Waals surface area contributed by atoms with Gasteiger partial charge in [-0.05, 0) is 31.2 Å². The lowest BCUT2D eigenvalue weighted by Crippen LogP contribution is -2.18. The van der Waals surface area contributed by atoms with E-state index in [1.807, 2.05) is 13.0 Å². The van der Waals surface area contributed by atoms with E-state index in [1.54, 1.807) is 42.5 Å². The second kappa shape index (κ2) is 6.27. The van der Waals surface area contributed by atoms with Crippen LogP contribution < -0.4 is 10.9 Å². The Kier molecular flexibility index (Phi) is 4.01. The fraction of sp³-hybridized carbons (Fsp3) is 0.0556. The molecular weight excluding hydrogens is 292 g/mol. The van der Waals surface area contributed by atoms with E-state index in [-0.39, 0.29) is 16.9 Å². The average molecular weight is 306 g/mol. The fourth-order valence-corrected chi connectivity index (χ4v) is 2.19. The number of hydrogen-bond donors (Lipinski definition) is 1. The molecule has 0 atom stereocenters. The molecule has 1 amide bonds. The molecule has 0 aliphatic rings. The van der Waals surface area contributed by atoms with Gasteiger partial charge in [-0.2, -0.15) is 5.10 Å². The van der Waals surface area contributed by atoms with Crippen molar-refractivity contribution >= 4 is 23.1 Å². The second-order valence-electron chi connectivity index (χ2n) is 5.08. The van der Waals surface area contributed by atoms with Gasteiger partial charge in [0.15, 0.2) is 0 Å². The molecule has 3 aromatic rings. The van der Waals surface area contributed by atoms with Gasteiger partial charge < -0.3 is 4.42 Å². The molecule has 0 spiro atoms. The first-order valence-corrected chi connectivity index (χ1v) is 7.06. The zero-order chi connectivity index (χ0) is 16.2. The summed E-state index contributed by atoms with van der Waals surface area (Å²) in [6.45, 7) is 1.90. The highest BCUT2D eigenvalue weighted by Gasteiger charge is 2.06. The number of carbonyl (C=O) groups is 1. The van der Waals surface area contributed by atoms with Crippen LogP contribution in [-0.4, -0.2) is 12.1 Å². The fourth-order valence-electron chi connectivity index (χ4n) is 2.19. The van der Waals surface area contributed by atoms with Crippen molar-refractivity contribution in [2.75, 3.05) is 0 Å². The van der Waals surface area contributed by atoms with Gasteiger partial charge >= 0.3 is 0 Å². The molecule has 0 unspecified atom stereocenters. The van der Waals surface area contributed by atoms with Gasteiger partial charge in [-0.3, -0.25) is 9.59 Å². The van der Waals surface area contributed by atoms with Crippen LogP contribution in [0.2, 0.25) is 0 Å². The molecule has 0 saturated heterocycles. The van der Waals surface area contributed by atoms with Crippen molar-refractivity contribution in [3.8, 4) is 0 Å². The Morgan fingerprint density at radius 1 is 1.17 bits per heavy atom. The van der Waals surface area contributed by atoms with Crippen LogP contribution >= 0.6 is 0 Å². The molecule has 114 valence electrons. The number of nitrogens with zero attached hydrogens (tertiary/aromatic N) is 1. The van der Waals surface area contributed by atoms with E-state index < -0.39 is 0 Å².